The van der Waals surface area contributed by atoms with Crippen LogP contribution in [0.25, 0.3) is 0 Å². The highest BCUT2D eigenvalue weighted by Gasteiger charge is 2.30. The number of carbonyl (C=O) groups excluding carboxylic acids is 2. The summed E-state index contributed by atoms with van der Waals surface area (Å²) in [5.41, 5.74) is 2.02. The third-order valence-corrected chi connectivity index (χ3v) is 5.60. The zero-order valence-electron chi connectivity index (χ0n) is 15.1. The molecule has 0 aromatic carbocycles. The Bertz CT molecular complexity index is 762. The molecule has 1 fully saturated rings. The number of rotatable bonds is 6. The first-order valence-corrected chi connectivity index (χ1v) is 9.71. The molecule has 1 N–H and O–H groups in total. The molecule has 26 heavy (non-hydrogen) atoms. The summed E-state index contributed by atoms with van der Waals surface area (Å²) in [7, 11) is 0. The van der Waals surface area contributed by atoms with Crippen molar-refractivity contribution in [2.75, 3.05) is 13.1 Å². The van der Waals surface area contributed by atoms with Gasteiger partial charge in [0.2, 0.25) is 5.91 Å². The van der Waals surface area contributed by atoms with Crippen molar-refractivity contribution in [2.45, 2.75) is 39.4 Å². The van der Waals surface area contributed by atoms with Gasteiger partial charge in [0, 0.05) is 30.6 Å². The molecule has 2 aromatic rings. The molecule has 2 aromatic heterocycles. The molecule has 3 amide bonds. The van der Waals surface area contributed by atoms with Crippen molar-refractivity contribution in [2.24, 2.45) is 0 Å². The van der Waals surface area contributed by atoms with Crippen LogP contribution in [-0.4, -0.2) is 45.9 Å². The Labute approximate surface area is 157 Å². The van der Waals surface area contributed by atoms with E-state index in [1.165, 1.54) is 5.56 Å². The van der Waals surface area contributed by atoms with Gasteiger partial charge in [-0.1, -0.05) is 6.07 Å². The molecule has 0 radical (unpaired) electrons. The van der Waals surface area contributed by atoms with Gasteiger partial charge in [-0.3, -0.25) is 9.78 Å². The molecule has 0 aliphatic carbocycles. The van der Waals surface area contributed by atoms with E-state index in [1.54, 1.807) is 27.3 Å². The second kappa shape index (κ2) is 8.31. The van der Waals surface area contributed by atoms with Gasteiger partial charge in [0.05, 0.1) is 24.8 Å². The van der Waals surface area contributed by atoms with Crippen LogP contribution in [0.3, 0.4) is 0 Å². The molecule has 1 atom stereocenters. The van der Waals surface area contributed by atoms with Gasteiger partial charge in [0.1, 0.15) is 0 Å². The van der Waals surface area contributed by atoms with Crippen molar-refractivity contribution in [3.63, 3.8) is 0 Å². The number of likely N-dealkylation sites (tertiary alicyclic amines) is 1. The normalized spacial score (nSPS) is 16.8. The summed E-state index contributed by atoms with van der Waals surface area (Å²) in [6, 6.07) is 7.47. The highest BCUT2D eigenvalue weighted by molar-refractivity contribution is 7.10. The van der Waals surface area contributed by atoms with Gasteiger partial charge in [-0.05, 0) is 43.0 Å². The van der Waals surface area contributed by atoms with Crippen LogP contribution < -0.4 is 5.32 Å². The van der Waals surface area contributed by atoms with Gasteiger partial charge in [0.25, 0.3) is 0 Å². The number of carbonyl (C=O) groups is 2. The smallest absolute Gasteiger partial charge is 0.318 e. The summed E-state index contributed by atoms with van der Waals surface area (Å²) < 4.78 is 0. The summed E-state index contributed by atoms with van der Waals surface area (Å²) in [6.45, 7) is 6.23. The summed E-state index contributed by atoms with van der Waals surface area (Å²) in [5, 5.41) is 5.07. The average Bonchev–Trinajstić information content (AvgIpc) is 3.20. The summed E-state index contributed by atoms with van der Waals surface area (Å²) in [6.07, 6.45) is 2.10. The minimum absolute atomic E-state index is 0.100. The molecule has 1 saturated heterocycles. The molecule has 1 aliphatic heterocycles. The Kier molecular flexibility index (Phi) is 5.88. The monoisotopic (exact) mass is 372 g/mol. The Morgan fingerprint density at radius 2 is 2.23 bits per heavy atom. The zero-order valence-corrected chi connectivity index (χ0v) is 16.0. The first-order valence-electron chi connectivity index (χ1n) is 8.83. The third-order valence-electron chi connectivity index (χ3n) is 4.59. The van der Waals surface area contributed by atoms with Crippen LogP contribution in [0, 0.1) is 6.92 Å². The lowest BCUT2D eigenvalue weighted by Gasteiger charge is -2.25. The molecule has 3 rings (SSSR count). The van der Waals surface area contributed by atoms with E-state index >= 15 is 0 Å². The number of urea groups is 1. The second-order valence-electron chi connectivity index (χ2n) is 6.49. The molecular formula is C19H24N4O2S. The number of pyridine rings is 1. The number of nitrogens with zero attached hydrogens (tertiary/aromatic N) is 3. The van der Waals surface area contributed by atoms with Crippen LogP contribution in [-0.2, 0) is 17.9 Å². The zero-order chi connectivity index (χ0) is 18.5. The molecule has 6 nitrogen and oxygen atoms in total. The van der Waals surface area contributed by atoms with E-state index in [9.17, 15) is 9.59 Å². The molecule has 0 bridgehead atoms. The van der Waals surface area contributed by atoms with Gasteiger partial charge < -0.3 is 15.1 Å². The Morgan fingerprint density at radius 3 is 2.85 bits per heavy atom. The SMILES string of the molecule is CCN1C[C@H](NC(=O)N(Cc2ccccn2)Cc2sccc2C)CC1=O. The van der Waals surface area contributed by atoms with Crippen LogP contribution in [0.2, 0.25) is 0 Å². The van der Waals surface area contributed by atoms with E-state index in [0.29, 0.717) is 32.6 Å². The minimum Gasteiger partial charge on any atom is -0.341 e. The average molecular weight is 372 g/mol. The van der Waals surface area contributed by atoms with E-state index < -0.39 is 0 Å². The van der Waals surface area contributed by atoms with Crippen LogP contribution in [0.15, 0.2) is 35.8 Å². The number of likely N-dealkylation sites (N-methyl/N-ethyl adjacent to an activating group) is 1. The maximum Gasteiger partial charge on any atom is 0.318 e. The molecule has 3 heterocycles. The Balaban J connectivity index is 1.70. The van der Waals surface area contributed by atoms with Gasteiger partial charge in [-0.25, -0.2) is 4.79 Å². The Hall–Kier alpha value is -2.41. The van der Waals surface area contributed by atoms with Crippen molar-refractivity contribution in [1.29, 1.82) is 0 Å². The standard InChI is InChI=1S/C19H24N4O2S/c1-3-22-12-16(10-18(22)24)21-19(25)23(11-15-6-4-5-8-20-15)13-17-14(2)7-9-26-17/h4-9,16H,3,10-13H2,1-2H3,(H,21,25)/t16-/m1/s1. The van der Waals surface area contributed by atoms with Crippen molar-refractivity contribution in [3.05, 3.63) is 52.0 Å². The summed E-state index contributed by atoms with van der Waals surface area (Å²) in [5.74, 6) is 0.100. The quantitative estimate of drug-likeness (QED) is 0.848. The predicted octanol–water partition coefficient (Wildman–Crippen LogP) is 2.78. The Morgan fingerprint density at radius 1 is 1.38 bits per heavy atom. The fourth-order valence-electron chi connectivity index (χ4n) is 3.07. The van der Waals surface area contributed by atoms with Crippen molar-refractivity contribution < 1.29 is 9.59 Å². The number of aromatic nitrogens is 1. The lowest BCUT2D eigenvalue weighted by atomic mass is 10.2. The molecule has 1 aliphatic rings. The number of thiophene rings is 1. The number of hydrogen-bond acceptors (Lipinski definition) is 4. The molecule has 7 heteroatoms. The number of amides is 3. The van der Waals surface area contributed by atoms with E-state index in [2.05, 4.69) is 23.3 Å². The van der Waals surface area contributed by atoms with Crippen molar-refractivity contribution in [1.82, 2.24) is 20.1 Å². The lowest BCUT2D eigenvalue weighted by Crippen LogP contribution is -2.45. The number of nitrogens with one attached hydrogen (secondary N) is 1. The molecular weight excluding hydrogens is 348 g/mol. The van der Waals surface area contributed by atoms with Gasteiger partial charge >= 0.3 is 6.03 Å². The van der Waals surface area contributed by atoms with Gasteiger partial charge in [-0.2, -0.15) is 0 Å². The van der Waals surface area contributed by atoms with E-state index in [1.807, 2.05) is 30.5 Å². The fourth-order valence-corrected chi connectivity index (χ4v) is 3.99. The lowest BCUT2D eigenvalue weighted by molar-refractivity contribution is -0.127. The van der Waals surface area contributed by atoms with Crippen molar-refractivity contribution >= 4 is 23.3 Å². The van der Waals surface area contributed by atoms with Crippen LogP contribution in [0.5, 0.6) is 0 Å². The van der Waals surface area contributed by atoms with Crippen LogP contribution in [0.1, 0.15) is 29.5 Å². The van der Waals surface area contributed by atoms with Gasteiger partial charge in [-0.15, -0.1) is 11.3 Å². The molecule has 0 spiro atoms. The summed E-state index contributed by atoms with van der Waals surface area (Å²) >= 11 is 1.65. The highest BCUT2D eigenvalue weighted by atomic mass is 32.1. The maximum absolute atomic E-state index is 12.9. The van der Waals surface area contributed by atoms with E-state index in [4.69, 9.17) is 0 Å². The first kappa shape index (κ1) is 18.4. The van der Waals surface area contributed by atoms with Gasteiger partial charge in [0.15, 0.2) is 0 Å². The van der Waals surface area contributed by atoms with Crippen molar-refractivity contribution in [3.8, 4) is 0 Å². The largest absolute Gasteiger partial charge is 0.341 e. The number of hydrogen-bond donors (Lipinski definition) is 1. The molecule has 138 valence electrons. The minimum atomic E-state index is -0.154. The van der Waals surface area contributed by atoms with E-state index in [0.717, 1.165) is 10.6 Å². The first-order chi connectivity index (χ1) is 12.6. The van der Waals surface area contributed by atoms with Crippen LogP contribution in [0.4, 0.5) is 4.79 Å². The third kappa shape index (κ3) is 4.40. The fraction of sp³-hybridized carbons (Fsp3) is 0.421. The second-order valence-corrected chi connectivity index (χ2v) is 7.49. The highest BCUT2D eigenvalue weighted by Crippen LogP contribution is 2.19. The predicted molar refractivity (Wildman–Crippen MR) is 102 cm³/mol. The molecule has 0 saturated carbocycles. The molecule has 0 unspecified atom stereocenters. The van der Waals surface area contributed by atoms with Crippen LogP contribution >= 0.6 is 11.3 Å². The summed E-state index contributed by atoms with van der Waals surface area (Å²) in [4.78, 5) is 33.9. The topological polar surface area (TPSA) is 65.5 Å². The van der Waals surface area contributed by atoms with E-state index in [-0.39, 0.29) is 18.0 Å². The maximum atomic E-state index is 12.9. The number of aryl methyl sites for hydroxylation is 1.